The molecule has 1 nitrogen and oxygen atoms in total. The lowest BCUT2D eigenvalue weighted by Crippen LogP contribution is -2.25. The highest BCUT2D eigenvalue weighted by Crippen LogP contribution is 2.41. The highest BCUT2D eigenvalue weighted by atomic mass is 14.8. The van der Waals surface area contributed by atoms with E-state index in [0.717, 1.165) is 18.4 Å². The molecule has 0 fully saturated rings. The van der Waals surface area contributed by atoms with Crippen molar-refractivity contribution in [1.82, 2.24) is 5.32 Å². The van der Waals surface area contributed by atoms with E-state index in [4.69, 9.17) is 0 Å². The number of hydrogen-bond acceptors (Lipinski definition) is 1. The van der Waals surface area contributed by atoms with E-state index in [1.54, 1.807) is 0 Å². The molecule has 1 heteroatoms. The van der Waals surface area contributed by atoms with Crippen molar-refractivity contribution < 1.29 is 0 Å². The van der Waals surface area contributed by atoms with Gasteiger partial charge in [0.1, 0.15) is 0 Å². The lowest BCUT2D eigenvalue weighted by molar-refractivity contribution is 0.237. The molecule has 0 aromatic heterocycles. The average molecular weight is 209 g/mol. The standard InChI is InChI=1S/C14H27N/c1-12(2)11-15-10-6-9-14(4)8-5-7-13(14)3/h5,7,12-13,15H,6,8-11H2,1-4H3. The van der Waals surface area contributed by atoms with Crippen LogP contribution in [0.5, 0.6) is 0 Å². The van der Waals surface area contributed by atoms with Gasteiger partial charge in [0.2, 0.25) is 0 Å². The van der Waals surface area contributed by atoms with E-state index in [1.165, 1.54) is 25.8 Å². The molecule has 88 valence electrons. The quantitative estimate of drug-likeness (QED) is 0.520. The summed E-state index contributed by atoms with van der Waals surface area (Å²) in [6.45, 7) is 11.6. The largest absolute Gasteiger partial charge is 0.316 e. The topological polar surface area (TPSA) is 12.0 Å². The van der Waals surface area contributed by atoms with E-state index in [1.807, 2.05) is 0 Å². The molecule has 1 N–H and O–H groups in total. The summed E-state index contributed by atoms with van der Waals surface area (Å²) in [5.74, 6) is 1.54. The van der Waals surface area contributed by atoms with Crippen LogP contribution in [0.25, 0.3) is 0 Å². The second-order valence-electron chi connectivity index (χ2n) is 5.78. The van der Waals surface area contributed by atoms with Crippen LogP contribution in [-0.4, -0.2) is 13.1 Å². The molecule has 15 heavy (non-hydrogen) atoms. The van der Waals surface area contributed by atoms with Gasteiger partial charge in [-0.3, -0.25) is 0 Å². The fourth-order valence-electron chi connectivity index (χ4n) is 2.30. The fourth-order valence-corrected chi connectivity index (χ4v) is 2.30. The molecule has 0 saturated heterocycles. The molecule has 0 aliphatic heterocycles. The molecule has 1 aliphatic carbocycles. The van der Waals surface area contributed by atoms with Crippen molar-refractivity contribution in [3.05, 3.63) is 12.2 Å². The predicted molar refractivity (Wildman–Crippen MR) is 68.0 cm³/mol. The van der Waals surface area contributed by atoms with Crippen LogP contribution in [0, 0.1) is 17.3 Å². The molecule has 0 radical (unpaired) electrons. The minimum Gasteiger partial charge on any atom is -0.316 e. The smallest absolute Gasteiger partial charge is 0.00258 e. The average Bonchev–Trinajstić information content (AvgIpc) is 2.46. The number of hydrogen-bond donors (Lipinski definition) is 1. The summed E-state index contributed by atoms with van der Waals surface area (Å²) in [4.78, 5) is 0. The highest BCUT2D eigenvalue weighted by molar-refractivity contribution is 5.05. The van der Waals surface area contributed by atoms with Gasteiger partial charge >= 0.3 is 0 Å². The van der Waals surface area contributed by atoms with Crippen LogP contribution in [0.15, 0.2) is 12.2 Å². The first kappa shape index (κ1) is 12.8. The minimum absolute atomic E-state index is 0.541. The van der Waals surface area contributed by atoms with Gasteiger partial charge in [-0.05, 0) is 49.6 Å². The van der Waals surface area contributed by atoms with Crippen LogP contribution in [0.1, 0.15) is 47.0 Å². The van der Waals surface area contributed by atoms with Gasteiger partial charge in [0, 0.05) is 0 Å². The van der Waals surface area contributed by atoms with Crippen LogP contribution in [0.3, 0.4) is 0 Å². The third-order valence-electron chi connectivity index (χ3n) is 3.76. The SMILES string of the molecule is CC(C)CNCCCC1(C)CC=CC1C. The van der Waals surface area contributed by atoms with Gasteiger partial charge in [0.25, 0.3) is 0 Å². The molecular formula is C14H27N. The van der Waals surface area contributed by atoms with E-state index in [9.17, 15) is 0 Å². The van der Waals surface area contributed by atoms with Crippen LogP contribution in [0.2, 0.25) is 0 Å². The lowest BCUT2D eigenvalue weighted by Gasteiger charge is -2.29. The number of allylic oxidation sites excluding steroid dienone is 2. The first-order chi connectivity index (χ1) is 7.04. The monoisotopic (exact) mass is 209 g/mol. The Morgan fingerprint density at radius 2 is 2.20 bits per heavy atom. The molecule has 0 heterocycles. The highest BCUT2D eigenvalue weighted by Gasteiger charge is 2.31. The second-order valence-corrected chi connectivity index (χ2v) is 5.78. The van der Waals surface area contributed by atoms with Crippen molar-refractivity contribution >= 4 is 0 Å². The Morgan fingerprint density at radius 1 is 1.47 bits per heavy atom. The van der Waals surface area contributed by atoms with Gasteiger partial charge in [0.05, 0.1) is 0 Å². The van der Waals surface area contributed by atoms with E-state index >= 15 is 0 Å². The molecule has 2 atom stereocenters. The minimum atomic E-state index is 0.541. The van der Waals surface area contributed by atoms with Crippen molar-refractivity contribution in [2.24, 2.45) is 17.3 Å². The van der Waals surface area contributed by atoms with Crippen LogP contribution < -0.4 is 5.32 Å². The Kier molecular flexibility index (Phi) is 4.85. The first-order valence-corrected chi connectivity index (χ1v) is 6.42. The maximum Gasteiger partial charge on any atom is -0.00258 e. The summed E-state index contributed by atoms with van der Waals surface area (Å²) >= 11 is 0. The number of rotatable bonds is 6. The maximum atomic E-state index is 3.52. The van der Waals surface area contributed by atoms with Gasteiger partial charge in [-0.25, -0.2) is 0 Å². The third kappa shape index (κ3) is 3.98. The van der Waals surface area contributed by atoms with Gasteiger partial charge in [-0.2, -0.15) is 0 Å². The molecule has 0 bridgehead atoms. The summed E-state index contributed by atoms with van der Waals surface area (Å²) in [5.41, 5.74) is 0.541. The fraction of sp³-hybridized carbons (Fsp3) is 0.857. The Balaban J connectivity index is 2.10. The normalized spacial score (nSPS) is 30.3. The Labute approximate surface area is 95.3 Å². The first-order valence-electron chi connectivity index (χ1n) is 6.42. The predicted octanol–water partition coefficient (Wildman–Crippen LogP) is 3.61. The Hall–Kier alpha value is -0.300. The summed E-state index contributed by atoms with van der Waals surface area (Å²) in [5, 5.41) is 3.52. The summed E-state index contributed by atoms with van der Waals surface area (Å²) < 4.78 is 0. The van der Waals surface area contributed by atoms with E-state index < -0.39 is 0 Å². The molecule has 0 amide bonds. The van der Waals surface area contributed by atoms with Crippen molar-refractivity contribution in [2.45, 2.75) is 47.0 Å². The zero-order valence-corrected chi connectivity index (χ0v) is 10.8. The van der Waals surface area contributed by atoms with Crippen molar-refractivity contribution in [1.29, 1.82) is 0 Å². The Morgan fingerprint density at radius 3 is 2.73 bits per heavy atom. The summed E-state index contributed by atoms with van der Waals surface area (Å²) in [6, 6.07) is 0. The van der Waals surface area contributed by atoms with E-state index in [-0.39, 0.29) is 0 Å². The van der Waals surface area contributed by atoms with E-state index in [2.05, 4.69) is 45.2 Å². The molecule has 0 aromatic rings. The third-order valence-corrected chi connectivity index (χ3v) is 3.76. The van der Waals surface area contributed by atoms with Gasteiger partial charge in [0.15, 0.2) is 0 Å². The summed E-state index contributed by atoms with van der Waals surface area (Å²) in [6.07, 6.45) is 8.67. The number of nitrogens with one attached hydrogen (secondary N) is 1. The molecule has 0 spiro atoms. The van der Waals surface area contributed by atoms with E-state index in [0.29, 0.717) is 5.41 Å². The van der Waals surface area contributed by atoms with Crippen molar-refractivity contribution in [2.75, 3.05) is 13.1 Å². The molecular weight excluding hydrogens is 182 g/mol. The lowest BCUT2D eigenvalue weighted by atomic mass is 9.76. The van der Waals surface area contributed by atoms with Crippen molar-refractivity contribution in [3.63, 3.8) is 0 Å². The Bertz CT molecular complexity index is 207. The van der Waals surface area contributed by atoms with Crippen molar-refractivity contribution in [3.8, 4) is 0 Å². The molecule has 2 unspecified atom stereocenters. The molecule has 0 aromatic carbocycles. The molecule has 1 rings (SSSR count). The zero-order valence-electron chi connectivity index (χ0n) is 10.8. The second kappa shape index (κ2) is 5.69. The maximum absolute atomic E-state index is 3.52. The summed E-state index contributed by atoms with van der Waals surface area (Å²) in [7, 11) is 0. The van der Waals surface area contributed by atoms with Gasteiger partial charge in [-0.15, -0.1) is 0 Å². The van der Waals surface area contributed by atoms with Crippen LogP contribution >= 0.6 is 0 Å². The molecule has 0 saturated carbocycles. The van der Waals surface area contributed by atoms with Crippen LogP contribution in [0.4, 0.5) is 0 Å². The van der Waals surface area contributed by atoms with Crippen LogP contribution in [-0.2, 0) is 0 Å². The van der Waals surface area contributed by atoms with Gasteiger partial charge in [-0.1, -0.05) is 39.8 Å². The zero-order chi connectivity index (χ0) is 11.3. The molecule has 1 aliphatic rings. The van der Waals surface area contributed by atoms with Gasteiger partial charge < -0.3 is 5.32 Å².